The van der Waals surface area contributed by atoms with Gasteiger partial charge in [0, 0.05) is 35.8 Å². The minimum atomic E-state index is -0.0937. The van der Waals surface area contributed by atoms with Gasteiger partial charge < -0.3 is 4.90 Å². The largest absolute Gasteiger partial charge is 0.348 e. The van der Waals surface area contributed by atoms with Crippen molar-refractivity contribution in [3.05, 3.63) is 5.69 Å². The Labute approximate surface area is 219 Å². The Morgan fingerprint density at radius 3 is 2.12 bits per heavy atom. The second-order valence-electron chi connectivity index (χ2n) is 9.77. The first-order valence-electron chi connectivity index (χ1n) is 13.0. The number of nitrogens with zero attached hydrogens (tertiary/aromatic N) is 6. The van der Waals surface area contributed by atoms with Crippen LogP contribution in [-0.4, -0.2) is 33.2 Å². The molecule has 9 heteroatoms. The molecule has 2 aromatic rings. The van der Waals surface area contributed by atoms with E-state index in [4.69, 9.17) is 4.98 Å². The lowest BCUT2D eigenvalue weighted by atomic mass is 9.93. The van der Waals surface area contributed by atoms with Gasteiger partial charge in [-0.05, 0) is 19.3 Å². The van der Waals surface area contributed by atoms with Crippen molar-refractivity contribution < 1.29 is 0 Å². The highest BCUT2D eigenvalue weighted by Crippen LogP contribution is 2.41. The van der Waals surface area contributed by atoms with E-state index in [9.17, 15) is 0 Å². The molecule has 2 rings (SSSR count). The number of aromatic nitrogens is 3. The topological polar surface area (TPSA) is 66.6 Å². The first-order valence-corrected chi connectivity index (χ1v) is 15.6. The summed E-state index contributed by atoms with van der Waals surface area (Å²) in [5, 5.41) is 12.5. The molecule has 0 aromatic carbocycles. The standard InChI is InChI=1S/C25H44N6S3/c1-7-10-13-14-15-16-19-32-23-27-22(34-30-23)29-28-21-20(25(4,5)6)26-24(33-21)31(17-11-8-2)18-12-9-3/h7-19H2,1-6H3. The number of hydrogen-bond donors (Lipinski definition) is 0. The summed E-state index contributed by atoms with van der Waals surface area (Å²) in [7, 11) is 0. The molecule has 34 heavy (non-hydrogen) atoms. The zero-order valence-electron chi connectivity index (χ0n) is 22.1. The quantitative estimate of drug-likeness (QED) is 0.117. The molecule has 0 fully saturated rings. The fourth-order valence-corrected chi connectivity index (χ4v) is 6.05. The normalized spacial score (nSPS) is 12.2. The van der Waals surface area contributed by atoms with Gasteiger partial charge in [0.05, 0.1) is 5.69 Å². The van der Waals surface area contributed by atoms with Crippen molar-refractivity contribution in [2.75, 3.05) is 23.7 Å². The van der Waals surface area contributed by atoms with Crippen molar-refractivity contribution in [2.45, 2.75) is 116 Å². The lowest BCUT2D eigenvalue weighted by Gasteiger charge is -2.21. The van der Waals surface area contributed by atoms with Gasteiger partial charge in [0.15, 0.2) is 10.1 Å². The van der Waals surface area contributed by atoms with E-state index in [0.29, 0.717) is 5.13 Å². The molecule has 0 bridgehead atoms. The predicted octanol–water partition coefficient (Wildman–Crippen LogP) is 9.57. The van der Waals surface area contributed by atoms with Crippen molar-refractivity contribution in [3.63, 3.8) is 0 Å². The predicted molar refractivity (Wildman–Crippen MR) is 151 cm³/mol. The van der Waals surface area contributed by atoms with Gasteiger partial charge in [-0.3, -0.25) is 0 Å². The summed E-state index contributed by atoms with van der Waals surface area (Å²) in [6.07, 6.45) is 12.6. The minimum absolute atomic E-state index is 0.0937. The highest BCUT2D eigenvalue weighted by Gasteiger charge is 2.25. The maximum atomic E-state index is 5.04. The average molecular weight is 525 g/mol. The molecule has 2 aromatic heterocycles. The molecule has 0 spiro atoms. The van der Waals surface area contributed by atoms with Crippen molar-refractivity contribution >= 4 is 49.9 Å². The van der Waals surface area contributed by atoms with Gasteiger partial charge in [-0.25, -0.2) is 4.98 Å². The molecule has 0 aliphatic carbocycles. The van der Waals surface area contributed by atoms with Gasteiger partial charge in [-0.15, -0.1) is 10.2 Å². The van der Waals surface area contributed by atoms with Gasteiger partial charge in [0.1, 0.15) is 0 Å². The van der Waals surface area contributed by atoms with Gasteiger partial charge in [0.25, 0.3) is 0 Å². The summed E-state index contributed by atoms with van der Waals surface area (Å²) in [5.74, 6) is 1.07. The van der Waals surface area contributed by atoms with Crippen LogP contribution in [0.15, 0.2) is 15.4 Å². The van der Waals surface area contributed by atoms with Crippen LogP contribution >= 0.6 is 34.6 Å². The zero-order chi connectivity index (χ0) is 24.8. The number of azo groups is 1. The number of rotatable bonds is 17. The average Bonchev–Trinajstić information content (AvgIpc) is 3.44. The Morgan fingerprint density at radius 1 is 0.824 bits per heavy atom. The van der Waals surface area contributed by atoms with Gasteiger partial charge in [0.2, 0.25) is 10.3 Å². The van der Waals surface area contributed by atoms with E-state index in [0.717, 1.165) is 39.8 Å². The van der Waals surface area contributed by atoms with Crippen molar-refractivity contribution in [3.8, 4) is 0 Å². The molecule has 0 atom stereocenters. The molecule has 0 N–H and O–H groups in total. The number of thiazole rings is 1. The number of thioether (sulfide) groups is 1. The van der Waals surface area contributed by atoms with Gasteiger partial charge in [-0.1, -0.05) is 110 Å². The summed E-state index contributed by atoms with van der Waals surface area (Å²) in [6.45, 7) is 15.4. The van der Waals surface area contributed by atoms with E-state index in [1.165, 1.54) is 75.7 Å². The third-order valence-electron chi connectivity index (χ3n) is 5.49. The second-order valence-corrected chi connectivity index (χ2v) is 12.5. The zero-order valence-corrected chi connectivity index (χ0v) is 24.5. The first-order chi connectivity index (χ1) is 16.4. The van der Waals surface area contributed by atoms with E-state index in [1.54, 1.807) is 23.1 Å². The fourth-order valence-electron chi connectivity index (χ4n) is 3.43. The van der Waals surface area contributed by atoms with Crippen LogP contribution in [0.3, 0.4) is 0 Å². The van der Waals surface area contributed by atoms with Gasteiger partial charge >= 0.3 is 0 Å². The molecule has 0 radical (unpaired) electrons. The molecule has 192 valence electrons. The highest BCUT2D eigenvalue weighted by molar-refractivity contribution is 7.99. The molecule has 6 nitrogen and oxygen atoms in total. The Bertz CT molecular complexity index is 832. The smallest absolute Gasteiger partial charge is 0.250 e. The Kier molecular flexibility index (Phi) is 13.6. The molecule has 0 unspecified atom stereocenters. The first kappa shape index (κ1) is 29.2. The van der Waals surface area contributed by atoms with Crippen LogP contribution in [0, 0.1) is 0 Å². The van der Waals surface area contributed by atoms with E-state index < -0.39 is 0 Å². The van der Waals surface area contributed by atoms with E-state index in [1.807, 2.05) is 0 Å². The van der Waals surface area contributed by atoms with Crippen LogP contribution in [0.5, 0.6) is 0 Å². The van der Waals surface area contributed by atoms with E-state index in [2.05, 4.69) is 66.0 Å². The maximum absolute atomic E-state index is 5.04. The number of anilines is 1. The fraction of sp³-hybridized carbons (Fsp3) is 0.800. The highest BCUT2D eigenvalue weighted by atomic mass is 32.2. The van der Waals surface area contributed by atoms with E-state index in [-0.39, 0.29) is 5.41 Å². The summed E-state index contributed by atoms with van der Waals surface area (Å²) in [5.41, 5.74) is 0.917. The lowest BCUT2D eigenvalue weighted by Crippen LogP contribution is -2.25. The van der Waals surface area contributed by atoms with Crippen LogP contribution in [0.4, 0.5) is 15.3 Å². The van der Waals surface area contributed by atoms with Crippen LogP contribution in [-0.2, 0) is 5.41 Å². The molecule has 0 saturated carbocycles. The maximum Gasteiger partial charge on any atom is 0.250 e. The Morgan fingerprint density at radius 2 is 1.47 bits per heavy atom. The Balaban J connectivity index is 2.04. The van der Waals surface area contributed by atoms with Crippen molar-refractivity contribution in [2.24, 2.45) is 10.2 Å². The summed E-state index contributed by atoms with van der Waals surface area (Å²) in [6, 6.07) is 0. The Hall–Kier alpha value is -1.06. The SMILES string of the molecule is CCCCCCCCSc1nsc(N=Nc2sc(N(CCCC)CCCC)nc2C(C)(C)C)n1. The second kappa shape index (κ2) is 15.8. The monoisotopic (exact) mass is 524 g/mol. The summed E-state index contributed by atoms with van der Waals surface area (Å²) >= 11 is 4.70. The summed E-state index contributed by atoms with van der Waals surface area (Å²) in [4.78, 5) is 12.0. The molecular weight excluding hydrogens is 481 g/mol. The molecule has 0 amide bonds. The van der Waals surface area contributed by atoms with Crippen LogP contribution < -0.4 is 4.90 Å². The molecule has 0 aliphatic rings. The van der Waals surface area contributed by atoms with Crippen LogP contribution in [0.2, 0.25) is 0 Å². The minimum Gasteiger partial charge on any atom is -0.348 e. The van der Waals surface area contributed by atoms with Crippen molar-refractivity contribution in [1.82, 2.24) is 14.3 Å². The molecule has 2 heterocycles. The van der Waals surface area contributed by atoms with E-state index >= 15 is 0 Å². The van der Waals surface area contributed by atoms with Crippen molar-refractivity contribution in [1.29, 1.82) is 0 Å². The summed E-state index contributed by atoms with van der Waals surface area (Å²) < 4.78 is 4.47. The molecule has 0 aliphatic heterocycles. The molecule has 0 saturated heterocycles. The lowest BCUT2D eigenvalue weighted by molar-refractivity contribution is 0.571. The van der Waals surface area contributed by atoms with Crippen LogP contribution in [0.25, 0.3) is 0 Å². The third kappa shape index (κ3) is 10.3. The van der Waals surface area contributed by atoms with Crippen LogP contribution in [0.1, 0.15) is 111 Å². The molecular formula is C25H44N6S3. The number of hydrogen-bond acceptors (Lipinski definition) is 9. The third-order valence-corrected chi connectivity index (χ3v) is 8.14. The van der Waals surface area contributed by atoms with Gasteiger partial charge in [-0.2, -0.15) is 9.36 Å². The number of unbranched alkanes of at least 4 members (excludes halogenated alkanes) is 7.